The maximum absolute atomic E-state index is 12.9. The highest BCUT2D eigenvalue weighted by atomic mass is 35.5. The molecule has 0 aliphatic rings. The Balaban J connectivity index is 2.18. The van der Waals surface area contributed by atoms with E-state index in [2.05, 4.69) is 4.98 Å². The number of aromatic nitrogens is 2. The van der Waals surface area contributed by atoms with Crippen LogP contribution in [-0.4, -0.2) is 9.38 Å². The monoisotopic (exact) mass is 296 g/mol. The summed E-state index contributed by atoms with van der Waals surface area (Å²) in [5, 5.41) is 0.563. The Morgan fingerprint density at radius 1 is 1.00 bits per heavy atom. The number of benzene rings is 1. The highest BCUT2D eigenvalue weighted by molar-refractivity contribution is 6.30. The quantitative estimate of drug-likeness (QED) is 0.637. The molecule has 6 heteroatoms. The molecule has 3 rings (SSSR count). The first-order valence-electron chi connectivity index (χ1n) is 5.76. The van der Waals surface area contributed by atoms with E-state index in [4.69, 9.17) is 11.6 Å². The number of fused-ring (bicyclic) bond motifs is 1. The molecule has 0 saturated carbocycles. The number of hydrogen-bond acceptors (Lipinski definition) is 1. The standard InChI is InChI=1S/C14H8ClF3N2/c15-10-6-4-9(5-7-10)11-8-20-12(14(16,17)18)2-1-3-13(20)19-11/h1-8H. The summed E-state index contributed by atoms with van der Waals surface area (Å²) >= 11 is 5.79. The van der Waals surface area contributed by atoms with Crippen LogP contribution < -0.4 is 0 Å². The second-order valence-electron chi connectivity index (χ2n) is 4.27. The first kappa shape index (κ1) is 13.0. The lowest BCUT2D eigenvalue weighted by atomic mass is 10.2. The summed E-state index contributed by atoms with van der Waals surface area (Å²) in [6.07, 6.45) is -3.04. The third-order valence-electron chi connectivity index (χ3n) is 2.92. The molecule has 2 nitrogen and oxygen atoms in total. The Morgan fingerprint density at radius 2 is 1.70 bits per heavy atom. The van der Waals surface area contributed by atoms with Gasteiger partial charge in [0.1, 0.15) is 11.3 Å². The second kappa shape index (κ2) is 4.52. The van der Waals surface area contributed by atoms with Gasteiger partial charge in [0.25, 0.3) is 0 Å². The molecule has 0 aliphatic carbocycles. The summed E-state index contributed by atoms with van der Waals surface area (Å²) in [6.45, 7) is 0. The Bertz CT molecular complexity index is 760. The molecule has 0 unspecified atom stereocenters. The molecular weight excluding hydrogens is 289 g/mol. The Morgan fingerprint density at radius 3 is 2.35 bits per heavy atom. The van der Waals surface area contributed by atoms with Crippen molar-refractivity contribution in [1.82, 2.24) is 9.38 Å². The third-order valence-corrected chi connectivity index (χ3v) is 3.17. The summed E-state index contributed by atoms with van der Waals surface area (Å²) in [6, 6.07) is 10.7. The molecule has 0 N–H and O–H groups in total. The van der Waals surface area contributed by atoms with Crippen molar-refractivity contribution in [2.45, 2.75) is 6.18 Å². The lowest BCUT2D eigenvalue weighted by Gasteiger charge is -2.08. The lowest BCUT2D eigenvalue weighted by molar-refractivity contribution is -0.142. The summed E-state index contributed by atoms with van der Waals surface area (Å²) < 4.78 is 39.8. The van der Waals surface area contributed by atoms with Gasteiger partial charge in [-0.2, -0.15) is 13.2 Å². The molecule has 2 heterocycles. The minimum absolute atomic E-state index is 0.254. The van der Waals surface area contributed by atoms with E-state index in [0.29, 0.717) is 16.3 Å². The van der Waals surface area contributed by atoms with Crippen LogP contribution in [0.1, 0.15) is 5.69 Å². The topological polar surface area (TPSA) is 17.3 Å². The van der Waals surface area contributed by atoms with E-state index in [1.54, 1.807) is 24.3 Å². The molecule has 3 aromatic rings. The Labute approximate surface area is 117 Å². The van der Waals surface area contributed by atoms with Gasteiger partial charge in [0.15, 0.2) is 0 Å². The predicted molar refractivity (Wildman–Crippen MR) is 70.6 cm³/mol. The van der Waals surface area contributed by atoms with Crippen molar-refractivity contribution in [2.75, 3.05) is 0 Å². The number of alkyl halides is 3. The largest absolute Gasteiger partial charge is 0.431 e. The van der Waals surface area contributed by atoms with Crippen LogP contribution in [0.2, 0.25) is 5.02 Å². The number of rotatable bonds is 1. The molecule has 2 aromatic heterocycles. The van der Waals surface area contributed by atoms with Gasteiger partial charge in [-0.25, -0.2) is 4.98 Å². The van der Waals surface area contributed by atoms with Gasteiger partial charge in [0, 0.05) is 16.8 Å². The third kappa shape index (κ3) is 2.25. The van der Waals surface area contributed by atoms with Crippen LogP contribution >= 0.6 is 11.6 Å². The van der Waals surface area contributed by atoms with Crippen LogP contribution in [0.5, 0.6) is 0 Å². The average molecular weight is 297 g/mol. The fourth-order valence-electron chi connectivity index (χ4n) is 2.00. The Hall–Kier alpha value is -2.01. The first-order chi connectivity index (χ1) is 9.45. The zero-order valence-electron chi connectivity index (χ0n) is 10.0. The highest BCUT2D eigenvalue weighted by Crippen LogP contribution is 2.31. The lowest BCUT2D eigenvalue weighted by Crippen LogP contribution is -2.10. The normalized spacial score (nSPS) is 12.0. The van der Waals surface area contributed by atoms with E-state index >= 15 is 0 Å². The predicted octanol–water partition coefficient (Wildman–Crippen LogP) is 4.67. The van der Waals surface area contributed by atoms with Gasteiger partial charge < -0.3 is 0 Å². The van der Waals surface area contributed by atoms with Crippen LogP contribution in [0.25, 0.3) is 16.9 Å². The number of halogens is 4. The molecule has 0 radical (unpaired) electrons. The van der Waals surface area contributed by atoms with E-state index in [-0.39, 0.29) is 5.65 Å². The number of pyridine rings is 1. The SMILES string of the molecule is FC(F)(F)c1cccc2nc(-c3ccc(Cl)cc3)cn12. The van der Waals surface area contributed by atoms with Gasteiger partial charge in [-0.3, -0.25) is 4.40 Å². The van der Waals surface area contributed by atoms with Crippen LogP contribution in [0.15, 0.2) is 48.7 Å². The van der Waals surface area contributed by atoms with Gasteiger partial charge >= 0.3 is 6.18 Å². The Kier molecular flexibility index (Phi) is 2.94. The molecule has 20 heavy (non-hydrogen) atoms. The summed E-state index contributed by atoms with van der Waals surface area (Å²) in [4.78, 5) is 4.21. The van der Waals surface area contributed by atoms with Crippen molar-refractivity contribution in [2.24, 2.45) is 0 Å². The van der Waals surface area contributed by atoms with Crippen molar-refractivity contribution >= 4 is 17.2 Å². The summed E-state index contributed by atoms with van der Waals surface area (Å²) in [5.74, 6) is 0. The first-order valence-corrected chi connectivity index (χ1v) is 6.14. The molecule has 102 valence electrons. The maximum atomic E-state index is 12.9. The molecule has 0 atom stereocenters. The van der Waals surface area contributed by atoms with E-state index in [1.807, 2.05) is 0 Å². The molecule has 0 aliphatic heterocycles. The van der Waals surface area contributed by atoms with Crippen LogP contribution in [0, 0.1) is 0 Å². The fourth-order valence-corrected chi connectivity index (χ4v) is 2.13. The summed E-state index contributed by atoms with van der Waals surface area (Å²) in [5.41, 5.74) is 0.692. The van der Waals surface area contributed by atoms with Gasteiger partial charge in [0.05, 0.1) is 5.69 Å². The van der Waals surface area contributed by atoms with Crippen LogP contribution in [0.3, 0.4) is 0 Å². The summed E-state index contributed by atoms with van der Waals surface area (Å²) in [7, 11) is 0. The smallest absolute Gasteiger partial charge is 0.295 e. The van der Waals surface area contributed by atoms with E-state index < -0.39 is 11.9 Å². The van der Waals surface area contributed by atoms with Crippen molar-refractivity contribution in [3.8, 4) is 11.3 Å². The van der Waals surface area contributed by atoms with Crippen LogP contribution in [0.4, 0.5) is 13.2 Å². The maximum Gasteiger partial charge on any atom is 0.431 e. The molecular formula is C14H8ClF3N2. The average Bonchev–Trinajstić information content (AvgIpc) is 2.81. The zero-order valence-corrected chi connectivity index (χ0v) is 10.8. The van der Waals surface area contributed by atoms with Crippen LogP contribution in [-0.2, 0) is 6.18 Å². The molecule has 0 bridgehead atoms. The van der Waals surface area contributed by atoms with Crippen molar-refractivity contribution in [3.63, 3.8) is 0 Å². The highest BCUT2D eigenvalue weighted by Gasteiger charge is 2.33. The zero-order chi connectivity index (χ0) is 14.3. The minimum atomic E-state index is -4.42. The van der Waals surface area contributed by atoms with Crippen molar-refractivity contribution < 1.29 is 13.2 Å². The van der Waals surface area contributed by atoms with E-state index in [9.17, 15) is 13.2 Å². The van der Waals surface area contributed by atoms with Gasteiger partial charge in [-0.05, 0) is 24.3 Å². The number of hydrogen-bond donors (Lipinski definition) is 0. The molecule has 0 amide bonds. The molecule has 0 saturated heterocycles. The van der Waals surface area contributed by atoms with E-state index in [1.165, 1.54) is 18.3 Å². The van der Waals surface area contributed by atoms with Gasteiger partial charge in [-0.1, -0.05) is 29.8 Å². The fraction of sp³-hybridized carbons (Fsp3) is 0.0714. The van der Waals surface area contributed by atoms with Crippen molar-refractivity contribution in [3.05, 3.63) is 59.4 Å². The number of imidazole rings is 1. The molecule has 1 aromatic carbocycles. The minimum Gasteiger partial charge on any atom is -0.295 e. The number of nitrogens with zero attached hydrogens (tertiary/aromatic N) is 2. The van der Waals surface area contributed by atoms with Crippen molar-refractivity contribution in [1.29, 1.82) is 0 Å². The second-order valence-corrected chi connectivity index (χ2v) is 4.71. The van der Waals surface area contributed by atoms with Gasteiger partial charge in [0.2, 0.25) is 0 Å². The molecule has 0 fully saturated rings. The van der Waals surface area contributed by atoms with Gasteiger partial charge in [-0.15, -0.1) is 0 Å². The van der Waals surface area contributed by atoms with E-state index in [0.717, 1.165) is 10.5 Å². The molecule has 0 spiro atoms.